The van der Waals surface area contributed by atoms with Crippen LogP contribution in [-0.2, 0) is 11.3 Å². The molecule has 7 heteroatoms. The number of carbonyl (C=O) groups is 1. The maximum Gasteiger partial charge on any atom is 0.227 e. The zero-order valence-corrected chi connectivity index (χ0v) is 16.6. The van der Waals surface area contributed by atoms with Crippen molar-refractivity contribution in [3.8, 4) is 0 Å². The molecule has 1 amide bonds. The number of halogens is 2. The molecule has 3 rings (SSSR count). The molecular formula is C18H28Cl2N4O. The summed E-state index contributed by atoms with van der Waals surface area (Å²) in [6.07, 6.45) is 2.11. The summed E-state index contributed by atoms with van der Waals surface area (Å²) in [7, 11) is 4.15. The molecule has 2 aromatic rings. The number of carbonyl (C=O) groups excluding carboxylic acids is 1. The molecule has 5 nitrogen and oxygen atoms in total. The van der Waals surface area contributed by atoms with Gasteiger partial charge in [-0.2, -0.15) is 0 Å². The number of rotatable bonds is 6. The van der Waals surface area contributed by atoms with Crippen LogP contribution in [-0.4, -0.2) is 49.1 Å². The molecule has 1 unspecified atom stereocenters. The summed E-state index contributed by atoms with van der Waals surface area (Å²) in [6.45, 7) is 5.84. The number of benzene rings is 1. The SMILES string of the molecule is CC(C(=O)Nc1ccc2ccn(CCN(C)C)c2c1)C1CNC1.Cl.Cl. The van der Waals surface area contributed by atoms with E-state index in [0.717, 1.165) is 31.9 Å². The smallest absolute Gasteiger partial charge is 0.227 e. The standard InChI is InChI=1S/C18H26N4O.2ClH/c1-13(15-11-19-12-15)18(23)20-16-5-4-14-6-7-22(17(14)10-16)9-8-21(2)3;;/h4-7,10,13,15,19H,8-9,11-12H2,1-3H3,(H,20,23);2*1H. The lowest BCUT2D eigenvalue weighted by Crippen LogP contribution is -2.48. The molecule has 1 aromatic heterocycles. The first-order chi connectivity index (χ1) is 11.0. The Labute approximate surface area is 162 Å². The summed E-state index contributed by atoms with van der Waals surface area (Å²) in [5.74, 6) is 0.623. The topological polar surface area (TPSA) is 49.3 Å². The summed E-state index contributed by atoms with van der Waals surface area (Å²) >= 11 is 0. The number of hydrogen-bond acceptors (Lipinski definition) is 3. The molecule has 0 saturated carbocycles. The number of likely N-dealkylation sites (N-methyl/N-ethyl adjacent to an activating group) is 1. The second-order valence-corrected chi connectivity index (χ2v) is 6.78. The third-order valence-electron chi connectivity index (χ3n) is 4.76. The molecule has 1 fully saturated rings. The number of aromatic nitrogens is 1. The number of nitrogens with one attached hydrogen (secondary N) is 2. The first-order valence-electron chi connectivity index (χ1n) is 8.30. The second-order valence-electron chi connectivity index (χ2n) is 6.78. The van der Waals surface area contributed by atoms with E-state index in [1.165, 1.54) is 10.9 Å². The number of nitrogens with zero attached hydrogens (tertiary/aromatic N) is 2. The fraction of sp³-hybridized carbons (Fsp3) is 0.500. The van der Waals surface area contributed by atoms with Crippen molar-refractivity contribution in [2.24, 2.45) is 11.8 Å². The van der Waals surface area contributed by atoms with E-state index in [-0.39, 0.29) is 36.6 Å². The Bertz CT molecular complexity index is 697. The predicted octanol–water partition coefficient (Wildman–Crippen LogP) is 2.84. The van der Waals surface area contributed by atoms with Gasteiger partial charge in [-0.25, -0.2) is 0 Å². The van der Waals surface area contributed by atoms with E-state index < -0.39 is 0 Å². The Hall–Kier alpha value is -1.27. The van der Waals surface area contributed by atoms with Gasteiger partial charge < -0.3 is 20.1 Å². The zero-order valence-electron chi connectivity index (χ0n) is 15.0. The third-order valence-corrected chi connectivity index (χ3v) is 4.76. The van der Waals surface area contributed by atoms with E-state index >= 15 is 0 Å². The van der Waals surface area contributed by atoms with Gasteiger partial charge in [-0.05, 0) is 56.7 Å². The molecule has 0 aliphatic carbocycles. The largest absolute Gasteiger partial charge is 0.346 e. The van der Waals surface area contributed by atoms with E-state index in [1.807, 2.05) is 13.0 Å². The molecule has 1 aliphatic heterocycles. The molecule has 1 saturated heterocycles. The van der Waals surface area contributed by atoms with Gasteiger partial charge in [0, 0.05) is 30.9 Å². The molecule has 0 bridgehead atoms. The maximum atomic E-state index is 12.4. The lowest BCUT2D eigenvalue weighted by molar-refractivity contribution is -0.121. The Morgan fingerprint density at radius 2 is 2.04 bits per heavy atom. The molecule has 0 spiro atoms. The third kappa shape index (κ3) is 5.11. The van der Waals surface area contributed by atoms with E-state index in [2.05, 4.69) is 58.6 Å². The highest BCUT2D eigenvalue weighted by Crippen LogP contribution is 2.23. The van der Waals surface area contributed by atoms with Gasteiger partial charge in [-0.1, -0.05) is 13.0 Å². The van der Waals surface area contributed by atoms with Gasteiger partial charge in [0.25, 0.3) is 0 Å². The van der Waals surface area contributed by atoms with Gasteiger partial charge in [-0.3, -0.25) is 4.79 Å². The van der Waals surface area contributed by atoms with Crippen molar-refractivity contribution in [2.45, 2.75) is 13.5 Å². The van der Waals surface area contributed by atoms with Crippen molar-refractivity contribution in [3.63, 3.8) is 0 Å². The number of anilines is 1. The van der Waals surface area contributed by atoms with Gasteiger partial charge in [0.2, 0.25) is 5.91 Å². The van der Waals surface area contributed by atoms with Gasteiger partial charge in [0.15, 0.2) is 0 Å². The van der Waals surface area contributed by atoms with Crippen LogP contribution in [0.4, 0.5) is 5.69 Å². The summed E-state index contributed by atoms with van der Waals surface area (Å²) in [4.78, 5) is 14.5. The maximum absolute atomic E-state index is 12.4. The van der Waals surface area contributed by atoms with Crippen LogP contribution < -0.4 is 10.6 Å². The van der Waals surface area contributed by atoms with Crippen molar-refractivity contribution in [1.29, 1.82) is 0 Å². The van der Waals surface area contributed by atoms with Crippen molar-refractivity contribution in [1.82, 2.24) is 14.8 Å². The van der Waals surface area contributed by atoms with Crippen molar-refractivity contribution < 1.29 is 4.79 Å². The van der Waals surface area contributed by atoms with Crippen molar-refractivity contribution in [3.05, 3.63) is 30.5 Å². The molecule has 25 heavy (non-hydrogen) atoms. The molecule has 1 atom stereocenters. The van der Waals surface area contributed by atoms with E-state index in [1.54, 1.807) is 0 Å². The molecule has 2 heterocycles. The minimum atomic E-state index is 0. The Kier molecular flexibility index (Phi) is 8.22. The van der Waals surface area contributed by atoms with Crippen LogP contribution in [0.3, 0.4) is 0 Å². The Morgan fingerprint density at radius 3 is 2.64 bits per heavy atom. The Morgan fingerprint density at radius 1 is 1.32 bits per heavy atom. The van der Waals surface area contributed by atoms with Crippen LogP contribution in [0.1, 0.15) is 6.92 Å². The number of fused-ring (bicyclic) bond motifs is 1. The summed E-state index contributed by atoms with van der Waals surface area (Å²) in [5.41, 5.74) is 2.05. The van der Waals surface area contributed by atoms with Gasteiger partial charge >= 0.3 is 0 Å². The van der Waals surface area contributed by atoms with Crippen LogP contribution in [0.25, 0.3) is 10.9 Å². The minimum Gasteiger partial charge on any atom is -0.346 e. The lowest BCUT2D eigenvalue weighted by Gasteiger charge is -2.31. The molecular weight excluding hydrogens is 359 g/mol. The highest BCUT2D eigenvalue weighted by molar-refractivity contribution is 5.95. The van der Waals surface area contributed by atoms with Crippen molar-refractivity contribution in [2.75, 3.05) is 39.0 Å². The van der Waals surface area contributed by atoms with Crippen LogP contribution in [0, 0.1) is 11.8 Å². The van der Waals surface area contributed by atoms with E-state index in [9.17, 15) is 4.79 Å². The lowest BCUT2D eigenvalue weighted by atomic mass is 9.88. The van der Waals surface area contributed by atoms with Gasteiger partial charge in [0.1, 0.15) is 0 Å². The predicted molar refractivity (Wildman–Crippen MR) is 109 cm³/mol. The normalized spacial score (nSPS) is 15.2. The van der Waals surface area contributed by atoms with Crippen LogP contribution in [0.5, 0.6) is 0 Å². The number of hydrogen-bond donors (Lipinski definition) is 2. The van der Waals surface area contributed by atoms with Gasteiger partial charge in [0.05, 0.1) is 5.52 Å². The Balaban J connectivity index is 0.00000156. The molecule has 1 aliphatic rings. The fourth-order valence-corrected chi connectivity index (χ4v) is 2.90. The van der Waals surface area contributed by atoms with Crippen LogP contribution in [0.2, 0.25) is 0 Å². The minimum absolute atomic E-state index is 0. The zero-order chi connectivity index (χ0) is 16.4. The second kappa shape index (κ2) is 9.43. The average Bonchev–Trinajstić information content (AvgIpc) is 2.85. The first-order valence-corrected chi connectivity index (χ1v) is 8.30. The molecule has 0 radical (unpaired) electrons. The molecule has 2 N–H and O–H groups in total. The molecule has 140 valence electrons. The average molecular weight is 387 g/mol. The van der Waals surface area contributed by atoms with E-state index in [0.29, 0.717) is 5.92 Å². The summed E-state index contributed by atoms with van der Waals surface area (Å²) in [5, 5.41) is 7.51. The summed E-state index contributed by atoms with van der Waals surface area (Å²) in [6, 6.07) is 8.27. The highest BCUT2D eigenvalue weighted by Gasteiger charge is 2.28. The van der Waals surface area contributed by atoms with E-state index in [4.69, 9.17) is 0 Å². The highest BCUT2D eigenvalue weighted by atomic mass is 35.5. The summed E-state index contributed by atoms with van der Waals surface area (Å²) < 4.78 is 2.24. The fourth-order valence-electron chi connectivity index (χ4n) is 2.90. The van der Waals surface area contributed by atoms with Crippen molar-refractivity contribution >= 4 is 47.3 Å². The first kappa shape index (κ1) is 21.8. The molecule has 1 aromatic carbocycles. The number of amides is 1. The van der Waals surface area contributed by atoms with Crippen LogP contribution >= 0.6 is 24.8 Å². The monoisotopic (exact) mass is 386 g/mol. The van der Waals surface area contributed by atoms with Crippen LogP contribution in [0.15, 0.2) is 30.5 Å². The quantitative estimate of drug-likeness (QED) is 0.802. The van der Waals surface area contributed by atoms with Gasteiger partial charge in [-0.15, -0.1) is 24.8 Å².